The van der Waals surface area contributed by atoms with Gasteiger partial charge in [-0.05, 0) is 18.2 Å². The molecule has 2 amide bonds. The summed E-state index contributed by atoms with van der Waals surface area (Å²) in [5, 5.41) is 13.3. The molecule has 0 aliphatic rings. The Morgan fingerprint density at radius 2 is 2.19 bits per heavy atom. The molecule has 2 N–H and O–H groups in total. The van der Waals surface area contributed by atoms with Crippen molar-refractivity contribution in [2.24, 2.45) is 0 Å². The lowest BCUT2D eigenvalue weighted by molar-refractivity contribution is -0.117. The summed E-state index contributed by atoms with van der Waals surface area (Å²) in [5.41, 5.74) is 0.576. The van der Waals surface area contributed by atoms with Gasteiger partial charge in [-0.25, -0.2) is 4.79 Å². The van der Waals surface area contributed by atoms with Gasteiger partial charge in [-0.3, -0.25) is 10.1 Å². The molecule has 0 spiro atoms. The molecule has 1 heterocycles. The van der Waals surface area contributed by atoms with Crippen LogP contribution in [0.15, 0.2) is 30.5 Å². The monoisotopic (exact) mass is 309 g/mol. The molecular weight excluding hydrogens is 298 g/mol. The predicted octanol–water partition coefficient (Wildman–Crippen LogP) is 1.75. The molecular formula is C12H12ClN5O3. The molecule has 8 nitrogen and oxygen atoms in total. The highest BCUT2D eigenvalue weighted by Gasteiger charge is 2.09. The van der Waals surface area contributed by atoms with E-state index < -0.39 is 6.09 Å². The number of anilines is 2. The first kappa shape index (κ1) is 14.8. The molecule has 1 aromatic heterocycles. The third-order valence-electron chi connectivity index (χ3n) is 2.35. The number of methoxy groups -OCH3 is 1. The summed E-state index contributed by atoms with van der Waals surface area (Å²) in [5.74, 6) is -0.130. The summed E-state index contributed by atoms with van der Waals surface area (Å²) in [6.45, 7) is -0.102. The highest BCUT2D eigenvalue weighted by atomic mass is 35.5. The maximum atomic E-state index is 11.8. The quantitative estimate of drug-likeness (QED) is 0.896. The first-order valence-electron chi connectivity index (χ1n) is 5.87. The molecule has 0 atom stereocenters. The lowest BCUT2D eigenvalue weighted by Crippen LogP contribution is -2.20. The van der Waals surface area contributed by atoms with Gasteiger partial charge in [-0.15, -0.1) is 5.10 Å². The Bertz CT molecular complexity index is 658. The number of carbonyl (C=O) groups excluding carboxylic acids is 2. The van der Waals surface area contributed by atoms with Crippen LogP contribution >= 0.6 is 11.6 Å². The fourth-order valence-corrected chi connectivity index (χ4v) is 1.67. The largest absolute Gasteiger partial charge is 0.453 e. The molecule has 0 fully saturated rings. The molecule has 0 saturated carbocycles. The molecule has 9 heteroatoms. The molecule has 0 aliphatic heterocycles. The number of aromatic nitrogens is 3. The number of nitrogens with one attached hydrogen (secondary N) is 2. The van der Waals surface area contributed by atoms with Crippen molar-refractivity contribution in [3.05, 3.63) is 35.5 Å². The van der Waals surface area contributed by atoms with Crippen molar-refractivity contribution in [1.82, 2.24) is 15.0 Å². The van der Waals surface area contributed by atoms with Gasteiger partial charge in [0.25, 0.3) is 0 Å². The SMILES string of the molecule is COC(=O)Nc1cnn(CC(=O)Nc2cccc(Cl)c2)n1. The predicted molar refractivity (Wildman–Crippen MR) is 76.1 cm³/mol. The number of ether oxygens (including phenoxy) is 1. The molecule has 0 bridgehead atoms. The third-order valence-corrected chi connectivity index (χ3v) is 2.58. The standard InChI is InChI=1S/C12H12ClN5O3/c1-21-12(20)16-10-6-14-18(17-10)7-11(19)15-9-4-2-3-8(13)5-9/h2-6H,7H2,1H3,(H,15,19)(H,16,17,20). The van der Waals surface area contributed by atoms with Crippen LogP contribution in [-0.2, 0) is 16.1 Å². The Morgan fingerprint density at radius 3 is 2.90 bits per heavy atom. The number of rotatable bonds is 4. The van der Waals surface area contributed by atoms with Gasteiger partial charge in [0, 0.05) is 10.7 Å². The molecule has 0 unspecified atom stereocenters. The van der Waals surface area contributed by atoms with Crippen molar-refractivity contribution in [2.75, 3.05) is 17.7 Å². The number of hydrogen-bond donors (Lipinski definition) is 2. The van der Waals surface area contributed by atoms with Crippen LogP contribution in [0.25, 0.3) is 0 Å². The Kier molecular flexibility index (Phi) is 4.72. The minimum absolute atomic E-state index is 0.102. The van der Waals surface area contributed by atoms with Gasteiger partial charge in [-0.1, -0.05) is 17.7 Å². The Balaban J connectivity index is 1.92. The summed E-state index contributed by atoms with van der Waals surface area (Å²) < 4.78 is 4.42. The number of hydrogen-bond acceptors (Lipinski definition) is 5. The zero-order chi connectivity index (χ0) is 15.2. The topological polar surface area (TPSA) is 98.1 Å². The van der Waals surface area contributed by atoms with Crippen molar-refractivity contribution in [3.63, 3.8) is 0 Å². The van der Waals surface area contributed by atoms with E-state index in [2.05, 4.69) is 25.6 Å². The van der Waals surface area contributed by atoms with Crippen LogP contribution in [-0.4, -0.2) is 34.1 Å². The van der Waals surface area contributed by atoms with Gasteiger partial charge in [0.15, 0.2) is 5.82 Å². The molecule has 0 saturated heterocycles. The molecule has 2 rings (SSSR count). The van der Waals surface area contributed by atoms with E-state index in [1.807, 2.05) is 0 Å². The highest BCUT2D eigenvalue weighted by molar-refractivity contribution is 6.30. The molecule has 110 valence electrons. The van der Waals surface area contributed by atoms with E-state index in [0.29, 0.717) is 10.7 Å². The summed E-state index contributed by atoms with van der Waals surface area (Å²) in [7, 11) is 1.23. The van der Waals surface area contributed by atoms with E-state index in [-0.39, 0.29) is 18.3 Å². The molecule has 0 aliphatic carbocycles. The number of amides is 2. The van der Waals surface area contributed by atoms with Crippen molar-refractivity contribution < 1.29 is 14.3 Å². The number of carbonyl (C=O) groups is 2. The normalized spacial score (nSPS) is 10.0. The van der Waals surface area contributed by atoms with Crippen LogP contribution in [0.5, 0.6) is 0 Å². The molecule has 1 aromatic carbocycles. The number of benzene rings is 1. The third kappa shape index (κ3) is 4.46. The van der Waals surface area contributed by atoms with Crippen molar-refractivity contribution >= 4 is 35.1 Å². The van der Waals surface area contributed by atoms with Crippen LogP contribution < -0.4 is 10.6 Å². The molecule has 0 radical (unpaired) electrons. The molecule has 2 aromatic rings. The Morgan fingerprint density at radius 1 is 1.38 bits per heavy atom. The average Bonchev–Trinajstić information content (AvgIpc) is 2.85. The van der Waals surface area contributed by atoms with Gasteiger partial charge >= 0.3 is 6.09 Å². The van der Waals surface area contributed by atoms with E-state index in [0.717, 1.165) is 4.80 Å². The smallest absolute Gasteiger partial charge is 0.412 e. The second kappa shape index (κ2) is 6.71. The Hall–Kier alpha value is -2.61. The van der Waals surface area contributed by atoms with Gasteiger partial charge in [0.05, 0.1) is 13.3 Å². The van der Waals surface area contributed by atoms with Crippen LogP contribution in [0.4, 0.5) is 16.3 Å². The lowest BCUT2D eigenvalue weighted by Gasteiger charge is -2.04. The lowest BCUT2D eigenvalue weighted by atomic mass is 10.3. The maximum absolute atomic E-state index is 11.8. The van der Waals surface area contributed by atoms with E-state index in [1.54, 1.807) is 24.3 Å². The minimum Gasteiger partial charge on any atom is -0.453 e. The summed E-state index contributed by atoms with van der Waals surface area (Å²) in [6.07, 6.45) is 0.647. The first-order valence-corrected chi connectivity index (χ1v) is 6.25. The van der Waals surface area contributed by atoms with Gasteiger partial charge in [0.2, 0.25) is 5.91 Å². The van der Waals surface area contributed by atoms with Crippen LogP contribution in [0, 0.1) is 0 Å². The van der Waals surface area contributed by atoms with E-state index >= 15 is 0 Å². The van der Waals surface area contributed by atoms with Crippen molar-refractivity contribution in [2.45, 2.75) is 6.54 Å². The number of nitrogens with zero attached hydrogens (tertiary/aromatic N) is 3. The summed E-state index contributed by atoms with van der Waals surface area (Å²) >= 11 is 5.82. The Labute approximate surface area is 125 Å². The summed E-state index contributed by atoms with van der Waals surface area (Å²) in [4.78, 5) is 23.9. The van der Waals surface area contributed by atoms with E-state index in [9.17, 15) is 9.59 Å². The average molecular weight is 310 g/mol. The van der Waals surface area contributed by atoms with Crippen molar-refractivity contribution in [1.29, 1.82) is 0 Å². The van der Waals surface area contributed by atoms with Gasteiger partial charge in [-0.2, -0.15) is 9.90 Å². The van der Waals surface area contributed by atoms with Gasteiger partial charge in [0.1, 0.15) is 6.54 Å². The van der Waals surface area contributed by atoms with Crippen molar-refractivity contribution in [3.8, 4) is 0 Å². The zero-order valence-corrected chi connectivity index (χ0v) is 11.8. The maximum Gasteiger partial charge on any atom is 0.412 e. The fourth-order valence-electron chi connectivity index (χ4n) is 1.48. The van der Waals surface area contributed by atoms with Crippen LogP contribution in [0.1, 0.15) is 0 Å². The van der Waals surface area contributed by atoms with E-state index in [4.69, 9.17) is 11.6 Å². The highest BCUT2D eigenvalue weighted by Crippen LogP contribution is 2.14. The second-order valence-corrected chi connectivity index (χ2v) is 4.37. The first-order chi connectivity index (χ1) is 10.1. The van der Waals surface area contributed by atoms with Crippen LogP contribution in [0.2, 0.25) is 5.02 Å². The summed E-state index contributed by atoms with van der Waals surface area (Å²) in [6, 6.07) is 6.77. The second-order valence-electron chi connectivity index (χ2n) is 3.94. The van der Waals surface area contributed by atoms with E-state index in [1.165, 1.54) is 13.3 Å². The fraction of sp³-hybridized carbons (Fsp3) is 0.167. The number of halogens is 1. The minimum atomic E-state index is -0.662. The van der Waals surface area contributed by atoms with Gasteiger partial charge < -0.3 is 10.1 Å². The molecule has 21 heavy (non-hydrogen) atoms. The van der Waals surface area contributed by atoms with Crippen LogP contribution in [0.3, 0.4) is 0 Å². The zero-order valence-electron chi connectivity index (χ0n) is 11.0.